The van der Waals surface area contributed by atoms with Crippen molar-refractivity contribution < 1.29 is 23.1 Å². The summed E-state index contributed by atoms with van der Waals surface area (Å²) in [5.41, 5.74) is 1.30. The summed E-state index contributed by atoms with van der Waals surface area (Å²) in [6, 6.07) is 2.83. The molecule has 1 aromatic carbocycles. The number of methoxy groups -OCH3 is 1. The minimum Gasteiger partial charge on any atom is -0.493 e. The third-order valence-corrected chi connectivity index (χ3v) is 4.82. The van der Waals surface area contributed by atoms with Crippen LogP contribution in [0.25, 0.3) is 0 Å². The molecule has 1 heterocycles. The molecule has 23 heavy (non-hydrogen) atoms. The van der Waals surface area contributed by atoms with E-state index in [4.69, 9.17) is 4.74 Å². The number of hydrogen-bond acceptors (Lipinski definition) is 6. The summed E-state index contributed by atoms with van der Waals surface area (Å²) in [6.45, 7) is 1.72. The first kappa shape index (κ1) is 17.2. The third kappa shape index (κ3) is 3.13. The molecule has 0 unspecified atom stereocenters. The number of ketones is 1. The van der Waals surface area contributed by atoms with E-state index >= 15 is 0 Å². The van der Waals surface area contributed by atoms with Crippen molar-refractivity contribution in [2.24, 2.45) is 7.05 Å². The molecule has 2 rings (SSSR count). The van der Waals surface area contributed by atoms with E-state index in [1.165, 1.54) is 37.2 Å². The Hall–Kier alpha value is -2.19. The molecule has 8 heteroatoms. The second-order valence-corrected chi connectivity index (χ2v) is 7.24. The van der Waals surface area contributed by atoms with E-state index in [-0.39, 0.29) is 22.9 Å². The van der Waals surface area contributed by atoms with E-state index in [9.17, 15) is 18.3 Å². The number of benzene rings is 1. The average Bonchev–Trinajstić information content (AvgIpc) is 2.79. The molecule has 0 amide bonds. The highest BCUT2D eigenvalue weighted by molar-refractivity contribution is 7.90. The van der Waals surface area contributed by atoms with Crippen LogP contribution in [0.3, 0.4) is 0 Å². The highest BCUT2D eigenvalue weighted by Crippen LogP contribution is 2.27. The zero-order chi connectivity index (χ0) is 17.4. The molecule has 0 radical (unpaired) electrons. The van der Waals surface area contributed by atoms with Gasteiger partial charge in [-0.15, -0.1) is 0 Å². The third-order valence-electron chi connectivity index (χ3n) is 3.64. The first-order chi connectivity index (χ1) is 10.7. The van der Waals surface area contributed by atoms with Gasteiger partial charge in [0.2, 0.25) is 5.88 Å². The molecular weight excluding hydrogens is 320 g/mol. The molecule has 0 spiro atoms. The van der Waals surface area contributed by atoms with Crippen molar-refractivity contribution >= 4 is 15.6 Å². The quantitative estimate of drug-likeness (QED) is 0.823. The Balaban J connectivity index is 2.63. The Morgan fingerprint density at radius 1 is 1.35 bits per heavy atom. The molecule has 1 N–H and O–H groups in total. The van der Waals surface area contributed by atoms with Crippen molar-refractivity contribution in [2.45, 2.75) is 18.4 Å². The molecule has 0 aliphatic heterocycles. The van der Waals surface area contributed by atoms with Gasteiger partial charge in [-0.2, -0.15) is 5.10 Å². The largest absolute Gasteiger partial charge is 0.493 e. The fourth-order valence-corrected chi connectivity index (χ4v) is 3.36. The molecule has 1 aromatic heterocycles. The summed E-state index contributed by atoms with van der Waals surface area (Å²) in [7, 11) is -0.479. The molecule has 0 aliphatic carbocycles. The lowest BCUT2D eigenvalue weighted by Crippen LogP contribution is -2.11. The molecule has 2 aromatic rings. The van der Waals surface area contributed by atoms with Crippen molar-refractivity contribution in [1.82, 2.24) is 9.78 Å². The maximum absolute atomic E-state index is 12.6. The number of nitrogens with zero attached hydrogens (tertiary/aromatic N) is 2. The highest BCUT2D eigenvalue weighted by Gasteiger charge is 2.23. The van der Waals surface area contributed by atoms with Crippen LogP contribution in [0, 0.1) is 6.92 Å². The van der Waals surface area contributed by atoms with E-state index in [0.717, 1.165) is 6.26 Å². The van der Waals surface area contributed by atoms with Gasteiger partial charge in [0.1, 0.15) is 5.56 Å². The highest BCUT2D eigenvalue weighted by atomic mass is 32.2. The molecule has 0 aliphatic rings. The minimum absolute atomic E-state index is 0.0612. The Labute approximate surface area is 134 Å². The number of sulfone groups is 1. The number of ether oxygens (including phenoxy) is 1. The molecule has 0 saturated carbocycles. The van der Waals surface area contributed by atoms with Crippen LogP contribution in [0.5, 0.6) is 5.88 Å². The predicted molar refractivity (Wildman–Crippen MR) is 83.3 cm³/mol. The summed E-state index contributed by atoms with van der Waals surface area (Å²) in [5, 5.41) is 13.7. The molecule has 0 bridgehead atoms. The lowest BCUT2D eigenvalue weighted by atomic mass is 9.97. The fourth-order valence-electron chi connectivity index (χ4n) is 2.39. The Bertz CT molecular complexity index is 868. The fraction of sp³-hybridized carbons (Fsp3) is 0.333. The van der Waals surface area contributed by atoms with Gasteiger partial charge in [-0.3, -0.25) is 4.79 Å². The lowest BCUT2D eigenvalue weighted by Gasteiger charge is -2.14. The van der Waals surface area contributed by atoms with Crippen molar-refractivity contribution in [2.75, 3.05) is 13.4 Å². The zero-order valence-electron chi connectivity index (χ0n) is 13.3. The maximum Gasteiger partial charge on any atom is 0.220 e. The first-order valence-electron chi connectivity index (χ1n) is 6.75. The van der Waals surface area contributed by atoms with Gasteiger partial charge in [-0.05, 0) is 30.2 Å². The summed E-state index contributed by atoms with van der Waals surface area (Å²) >= 11 is 0. The standard InChI is InChI=1S/C15H18N2O5S/c1-9-10(14(18)11-7-16-17(2)15(11)19)5-6-13(23(4,20)21)12(9)8-22-3/h5-7,19H,8H2,1-4H3. The van der Waals surface area contributed by atoms with Crippen LogP contribution < -0.4 is 0 Å². The summed E-state index contributed by atoms with van der Waals surface area (Å²) < 4.78 is 30.0. The molecule has 124 valence electrons. The maximum atomic E-state index is 12.6. The lowest BCUT2D eigenvalue weighted by molar-refractivity contribution is 0.103. The average molecular weight is 338 g/mol. The van der Waals surface area contributed by atoms with E-state index < -0.39 is 15.6 Å². The summed E-state index contributed by atoms with van der Waals surface area (Å²) in [4.78, 5) is 12.7. The second-order valence-electron chi connectivity index (χ2n) is 5.25. The normalized spacial score (nSPS) is 11.7. The number of carbonyl (C=O) groups is 1. The first-order valence-corrected chi connectivity index (χ1v) is 8.64. The van der Waals surface area contributed by atoms with Gasteiger partial charge in [0.15, 0.2) is 15.6 Å². The van der Waals surface area contributed by atoms with Gasteiger partial charge in [-0.25, -0.2) is 13.1 Å². The van der Waals surface area contributed by atoms with Crippen LogP contribution in [0.4, 0.5) is 0 Å². The predicted octanol–water partition coefficient (Wildman–Crippen LogP) is 1.22. The van der Waals surface area contributed by atoms with E-state index in [0.29, 0.717) is 16.7 Å². The zero-order valence-corrected chi connectivity index (χ0v) is 14.1. The second kappa shape index (κ2) is 6.13. The van der Waals surface area contributed by atoms with Gasteiger partial charge < -0.3 is 9.84 Å². The Kier molecular flexibility index (Phi) is 4.58. The number of carbonyl (C=O) groups excluding carboxylic acids is 1. The van der Waals surface area contributed by atoms with Crippen molar-refractivity contribution in [1.29, 1.82) is 0 Å². The van der Waals surface area contributed by atoms with Gasteiger partial charge >= 0.3 is 0 Å². The van der Waals surface area contributed by atoms with Crippen molar-refractivity contribution in [3.8, 4) is 5.88 Å². The molecular formula is C15H18N2O5S. The number of aromatic hydroxyl groups is 1. The number of aromatic nitrogens is 2. The van der Waals surface area contributed by atoms with Gasteiger partial charge in [0.05, 0.1) is 17.7 Å². The van der Waals surface area contributed by atoms with Crippen LogP contribution in [0.15, 0.2) is 23.2 Å². The summed E-state index contributed by atoms with van der Waals surface area (Å²) in [5.74, 6) is -0.666. The number of rotatable bonds is 5. The Morgan fingerprint density at radius 2 is 2.00 bits per heavy atom. The van der Waals surface area contributed by atoms with Crippen molar-refractivity contribution in [3.05, 3.63) is 40.6 Å². The molecule has 7 nitrogen and oxygen atoms in total. The SMILES string of the molecule is COCc1c(S(C)(=O)=O)ccc(C(=O)c2cnn(C)c2O)c1C. The van der Waals surface area contributed by atoms with Crippen LogP contribution in [0.2, 0.25) is 0 Å². The van der Waals surface area contributed by atoms with Gasteiger partial charge in [0.25, 0.3) is 0 Å². The topological polar surface area (TPSA) is 98.5 Å². The van der Waals surface area contributed by atoms with E-state index in [1.807, 2.05) is 0 Å². The van der Waals surface area contributed by atoms with Gasteiger partial charge in [-0.1, -0.05) is 0 Å². The minimum atomic E-state index is -3.45. The molecule has 0 atom stereocenters. The van der Waals surface area contributed by atoms with Crippen LogP contribution >= 0.6 is 0 Å². The van der Waals surface area contributed by atoms with E-state index in [2.05, 4.69) is 5.10 Å². The van der Waals surface area contributed by atoms with Crippen LogP contribution in [0.1, 0.15) is 27.0 Å². The Morgan fingerprint density at radius 3 is 2.48 bits per heavy atom. The van der Waals surface area contributed by atoms with Crippen molar-refractivity contribution in [3.63, 3.8) is 0 Å². The smallest absolute Gasteiger partial charge is 0.220 e. The van der Waals surface area contributed by atoms with Crippen LogP contribution in [-0.2, 0) is 28.2 Å². The summed E-state index contributed by atoms with van der Waals surface area (Å²) in [6.07, 6.45) is 2.38. The number of aryl methyl sites for hydroxylation is 1. The molecule has 0 saturated heterocycles. The number of hydrogen-bond donors (Lipinski definition) is 1. The van der Waals surface area contributed by atoms with Gasteiger partial charge in [0, 0.05) is 26.0 Å². The van der Waals surface area contributed by atoms with E-state index in [1.54, 1.807) is 6.92 Å². The molecule has 0 fully saturated rings. The monoisotopic (exact) mass is 338 g/mol. The van der Waals surface area contributed by atoms with Crippen LogP contribution in [-0.4, -0.2) is 42.5 Å².